The standard InChI is InChI=1S/C15H20N6O2/c1-11-18-12(8-14(16-2)19-11)13-9-20(6-7-23-13)15(22)10-21-5-3-4-17-21/h3-5,8,13H,6-7,9-10H2,1-2H3,(H,16,18,19). The molecule has 0 aromatic carbocycles. The van der Waals surface area contributed by atoms with Crippen LogP contribution in [0.5, 0.6) is 0 Å². The Hall–Kier alpha value is -2.48. The summed E-state index contributed by atoms with van der Waals surface area (Å²) in [6.45, 7) is 3.64. The van der Waals surface area contributed by atoms with Gasteiger partial charge >= 0.3 is 0 Å². The minimum absolute atomic E-state index is 0.0293. The summed E-state index contributed by atoms with van der Waals surface area (Å²) in [6, 6.07) is 3.66. The molecule has 2 aromatic rings. The monoisotopic (exact) mass is 316 g/mol. The van der Waals surface area contributed by atoms with Crippen LogP contribution in [0.1, 0.15) is 17.6 Å². The Balaban J connectivity index is 1.70. The molecule has 8 heteroatoms. The van der Waals surface area contributed by atoms with E-state index in [1.54, 1.807) is 28.0 Å². The van der Waals surface area contributed by atoms with Crippen LogP contribution in [-0.4, -0.2) is 57.3 Å². The molecule has 1 fully saturated rings. The number of hydrogen-bond donors (Lipinski definition) is 1. The lowest BCUT2D eigenvalue weighted by atomic mass is 10.2. The van der Waals surface area contributed by atoms with E-state index in [-0.39, 0.29) is 18.6 Å². The van der Waals surface area contributed by atoms with E-state index in [0.29, 0.717) is 25.5 Å². The minimum atomic E-state index is -0.237. The van der Waals surface area contributed by atoms with Crippen LogP contribution in [0.3, 0.4) is 0 Å². The molecule has 0 spiro atoms. The summed E-state index contributed by atoms with van der Waals surface area (Å²) < 4.78 is 7.43. The van der Waals surface area contributed by atoms with Gasteiger partial charge in [0.15, 0.2) is 0 Å². The molecule has 1 aliphatic rings. The smallest absolute Gasteiger partial charge is 0.244 e. The summed E-state index contributed by atoms with van der Waals surface area (Å²) in [4.78, 5) is 22.9. The molecule has 0 radical (unpaired) electrons. The van der Waals surface area contributed by atoms with E-state index in [1.807, 2.05) is 20.0 Å². The number of morpholine rings is 1. The fourth-order valence-electron chi connectivity index (χ4n) is 2.57. The Morgan fingerprint density at radius 3 is 3.09 bits per heavy atom. The summed E-state index contributed by atoms with van der Waals surface area (Å²) in [5, 5.41) is 7.08. The van der Waals surface area contributed by atoms with Crippen molar-refractivity contribution >= 4 is 11.7 Å². The molecule has 0 saturated carbocycles. The number of aryl methyl sites for hydroxylation is 1. The highest BCUT2D eigenvalue weighted by molar-refractivity contribution is 5.76. The zero-order valence-corrected chi connectivity index (χ0v) is 13.3. The molecule has 0 bridgehead atoms. The van der Waals surface area contributed by atoms with Gasteiger partial charge in [0.2, 0.25) is 5.91 Å². The number of ether oxygens (including phenoxy) is 1. The minimum Gasteiger partial charge on any atom is -0.373 e. The van der Waals surface area contributed by atoms with Crippen LogP contribution in [0.25, 0.3) is 0 Å². The highest BCUT2D eigenvalue weighted by Crippen LogP contribution is 2.22. The van der Waals surface area contributed by atoms with Gasteiger partial charge in [-0.15, -0.1) is 0 Å². The molecule has 3 rings (SSSR count). The van der Waals surface area contributed by atoms with Gasteiger partial charge in [-0.25, -0.2) is 9.97 Å². The van der Waals surface area contributed by atoms with Gasteiger partial charge in [-0.1, -0.05) is 0 Å². The largest absolute Gasteiger partial charge is 0.373 e. The molecule has 1 aliphatic heterocycles. The number of hydrogen-bond acceptors (Lipinski definition) is 6. The van der Waals surface area contributed by atoms with Gasteiger partial charge in [-0.3, -0.25) is 9.48 Å². The van der Waals surface area contributed by atoms with Crippen molar-refractivity contribution in [3.05, 3.63) is 36.0 Å². The number of carbonyl (C=O) groups excluding carboxylic acids is 1. The predicted octanol–water partition coefficient (Wildman–Crippen LogP) is 0.623. The van der Waals surface area contributed by atoms with Gasteiger partial charge in [0.05, 0.1) is 18.8 Å². The maximum atomic E-state index is 12.4. The average molecular weight is 316 g/mol. The first kappa shape index (κ1) is 15.4. The first-order valence-corrected chi connectivity index (χ1v) is 7.56. The van der Waals surface area contributed by atoms with E-state index in [4.69, 9.17) is 4.74 Å². The topological polar surface area (TPSA) is 85.2 Å². The van der Waals surface area contributed by atoms with Crippen LogP contribution in [0, 0.1) is 6.92 Å². The number of rotatable bonds is 4. The number of carbonyl (C=O) groups is 1. The zero-order chi connectivity index (χ0) is 16.2. The third-order valence-electron chi connectivity index (χ3n) is 3.72. The van der Waals surface area contributed by atoms with Crippen molar-refractivity contribution in [2.45, 2.75) is 19.6 Å². The van der Waals surface area contributed by atoms with Crippen LogP contribution in [-0.2, 0) is 16.1 Å². The first-order chi connectivity index (χ1) is 11.2. The van der Waals surface area contributed by atoms with Crippen molar-refractivity contribution in [2.75, 3.05) is 32.1 Å². The van der Waals surface area contributed by atoms with Gasteiger partial charge in [-0.2, -0.15) is 5.10 Å². The third-order valence-corrected chi connectivity index (χ3v) is 3.72. The van der Waals surface area contributed by atoms with Gasteiger partial charge in [0.25, 0.3) is 0 Å². The Bertz CT molecular complexity index is 673. The van der Waals surface area contributed by atoms with Crippen molar-refractivity contribution in [3.8, 4) is 0 Å². The molecule has 122 valence electrons. The number of aromatic nitrogens is 4. The van der Waals surface area contributed by atoms with E-state index >= 15 is 0 Å². The van der Waals surface area contributed by atoms with Crippen LogP contribution in [0.15, 0.2) is 24.5 Å². The van der Waals surface area contributed by atoms with Crippen LogP contribution in [0.4, 0.5) is 5.82 Å². The summed E-state index contributed by atoms with van der Waals surface area (Å²) >= 11 is 0. The second-order valence-electron chi connectivity index (χ2n) is 5.38. The molecule has 0 aliphatic carbocycles. The van der Waals surface area contributed by atoms with Crippen LogP contribution < -0.4 is 5.32 Å². The van der Waals surface area contributed by atoms with Gasteiger partial charge < -0.3 is 15.0 Å². The van der Waals surface area contributed by atoms with Gasteiger partial charge in [0, 0.05) is 32.1 Å². The summed E-state index contributed by atoms with van der Waals surface area (Å²) in [5.74, 6) is 1.45. The average Bonchev–Trinajstić information content (AvgIpc) is 3.07. The van der Waals surface area contributed by atoms with E-state index in [2.05, 4.69) is 20.4 Å². The second-order valence-corrected chi connectivity index (χ2v) is 5.38. The second kappa shape index (κ2) is 6.74. The maximum Gasteiger partial charge on any atom is 0.244 e. The lowest BCUT2D eigenvalue weighted by Crippen LogP contribution is -2.44. The van der Waals surface area contributed by atoms with E-state index < -0.39 is 0 Å². The highest BCUT2D eigenvalue weighted by Gasteiger charge is 2.27. The van der Waals surface area contributed by atoms with Crippen molar-refractivity contribution in [3.63, 3.8) is 0 Å². The summed E-state index contributed by atoms with van der Waals surface area (Å²) in [6.07, 6.45) is 3.21. The summed E-state index contributed by atoms with van der Waals surface area (Å²) in [5.41, 5.74) is 0.790. The molecule has 3 heterocycles. The Morgan fingerprint density at radius 1 is 1.48 bits per heavy atom. The molecular weight excluding hydrogens is 296 g/mol. The van der Waals surface area contributed by atoms with Crippen LogP contribution >= 0.6 is 0 Å². The van der Waals surface area contributed by atoms with Gasteiger partial charge in [0.1, 0.15) is 24.3 Å². The Morgan fingerprint density at radius 2 is 2.35 bits per heavy atom. The SMILES string of the molecule is CNc1cc(C2CN(C(=O)Cn3cccn3)CCO2)nc(C)n1. The third kappa shape index (κ3) is 3.65. The first-order valence-electron chi connectivity index (χ1n) is 7.56. The Labute approximate surface area is 134 Å². The van der Waals surface area contributed by atoms with Crippen molar-refractivity contribution in [1.29, 1.82) is 0 Å². The molecule has 1 saturated heterocycles. The quantitative estimate of drug-likeness (QED) is 0.890. The fraction of sp³-hybridized carbons (Fsp3) is 0.467. The number of amides is 1. The summed E-state index contributed by atoms with van der Waals surface area (Å²) in [7, 11) is 1.81. The van der Waals surface area contributed by atoms with Crippen molar-refractivity contribution < 1.29 is 9.53 Å². The molecule has 1 amide bonds. The predicted molar refractivity (Wildman–Crippen MR) is 83.8 cm³/mol. The van der Waals surface area contributed by atoms with Gasteiger partial charge in [-0.05, 0) is 13.0 Å². The molecule has 1 N–H and O–H groups in total. The van der Waals surface area contributed by atoms with Crippen LogP contribution in [0.2, 0.25) is 0 Å². The lowest BCUT2D eigenvalue weighted by molar-refractivity contribution is -0.140. The Kier molecular flexibility index (Phi) is 4.52. The normalized spacial score (nSPS) is 18.0. The van der Waals surface area contributed by atoms with Crippen molar-refractivity contribution in [2.24, 2.45) is 0 Å². The lowest BCUT2D eigenvalue weighted by Gasteiger charge is -2.32. The number of nitrogens with zero attached hydrogens (tertiary/aromatic N) is 5. The fourth-order valence-corrected chi connectivity index (χ4v) is 2.57. The molecular formula is C15H20N6O2. The molecule has 8 nitrogen and oxygen atoms in total. The molecule has 2 aromatic heterocycles. The van der Waals surface area contributed by atoms with E-state index in [1.165, 1.54) is 0 Å². The maximum absolute atomic E-state index is 12.4. The van der Waals surface area contributed by atoms with Crippen molar-refractivity contribution in [1.82, 2.24) is 24.6 Å². The highest BCUT2D eigenvalue weighted by atomic mass is 16.5. The number of anilines is 1. The van der Waals surface area contributed by atoms with E-state index in [0.717, 1.165) is 11.5 Å². The number of nitrogens with one attached hydrogen (secondary N) is 1. The molecule has 1 unspecified atom stereocenters. The molecule has 23 heavy (non-hydrogen) atoms. The molecule has 1 atom stereocenters. The van der Waals surface area contributed by atoms with E-state index in [9.17, 15) is 4.79 Å². The zero-order valence-electron chi connectivity index (χ0n) is 13.3.